The number of anilines is 1. The van der Waals surface area contributed by atoms with E-state index in [1.165, 1.54) is 23.1 Å². The summed E-state index contributed by atoms with van der Waals surface area (Å²) in [5, 5.41) is 12.5. The number of carbonyl (C=O) groups is 2. The third kappa shape index (κ3) is 7.96. The number of aromatic nitrogens is 1. The van der Waals surface area contributed by atoms with E-state index >= 15 is 0 Å². The number of carbonyl (C=O) groups excluding carboxylic acids is 2. The van der Waals surface area contributed by atoms with Gasteiger partial charge >= 0.3 is 0 Å². The van der Waals surface area contributed by atoms with Crippen LogP contribution in [0.4, 0.5) is 5.69 Å². The van der Waals surface area contributed by atoms with Gasteiger partial charge in [-0.15, -0.1) is 11.3 Å². The van der Waals surface area contributed by atoms with Crippen LogP contribution < -0.4 is 16.0 Å². The first-order valence-corrected chi connectivity index (χ1v) is 15.7. The zero-order chi connectivity index (χ0) is 27.2. The van der Waals surface area contributed by atoms with Gasteiger partial charge in [0, 0.05) is 42.3 Å². The number of likely N-dealkylation sites (tertiary alicyclic amines) is 1. The molecule has 11 heteroatoms. The van der Waals surface area contributed by atoms with E-state index in [1.54, 1.807) is 0 Å². The highest BCUT2D eigenvalue weighted by Crippen LogP contribution is 2.30. The van der Waals surface area contributed by atoms with Crippen LogP contribution in [0, 0.1) is 0 Å². The lowest BCUT2D eigenvalue weighted by molar-refractivity contribution is -0.119. The molecule has 7 nitrogen and oxygen atoms in total. The molecule has 3 N–H and O–H groups in total. The van der Waals surface area contributed by atoms with Crippen LogP contribution in [0.5, 0.6) is 0 Å². The van der Waals surface area contributed by atoms with Crippen LogP contribution >= 0.6 is 46.3 Å². The highest BCUT2D eigenvalue weighted by molar-refractivity contribution is 8.01. The van der Waals surface area contributed by atoms with Crippen molar-refractivity contribution in [3.63, 3.8) is 0 Å². The van der Waals surface area contributed by atoms with Gasteiger partial charge in [-0.1, -0.05) is 53.2 Å². The summed E-state index contributed by atoms with van der Waals surface area (Å²) in [7, 11) is 0. The van der Waals surface area contributed by atoms with E-state index in [1.807, 2.05) is 47.8 Å². The van der Waals surface area contributed by atoms with Crippen LogP contribution in [0.3, 0.4) is 0 Å². The Morgan fingerprint density at radius 3 is 2.72 bits per heavy atom. The molecule has 2 aromatic carbocycles. The number of thiazole rings is 1. The first-order valence-electron chi connectivity index (χ1n) is 13.1. The number of piperidine rings is 1. The largest absolute Gasteiger partial charge is 0.353 e. The lowest BCUT2D eigenvalue weighted by atomic mass is 10.0. The zero-order valence-electron chi connectivity index (χ0n) is 21.4. The van der Waals surface area contributed by atoms with Gasteiger partial charge in [0.05, 0.1) is 27.5 Å². The lowest BCUT2D eigenvalue weighted by Crippen LogP contribution is -2.44. The van der Waals surface area contributed by atoms with Gasteiger partial charge in [0.2, 0.25) is 11.8 Å². The highest BCUT2D eigenvalue weighted by Gasteiger charge is 2.23. The van der Waals surface area contributed by atoms with Crippen molar-refractivity contribution in [2.24, 2.45) is 0 Å². The van der Waals surface area contributed by atoms with Gasteiger partial charge < -0.3 is 16.0 Å². The Balaban J connectivity index is 1.05. The second kappa shape index (κ2) is 13.5. The monoisotopic (exact) mass is 603 g/mol. The molecule has 39 heavy (non-hydrogen) atoms. The average molecular weight is 605 g/mol. The predicted octanol–water partition coefficient (Wildman–Crippen LogP) is 5.68. The second-order valence-corrected chi connectivity index (χ2v) is 12.8. The zero-order valence-corrected chi connectivity index (χ0v) is 24.6. The van der Waals surface area contributed by atoms with Crippen molar-refractivity contribution >= 4 is 63.8 Å². The molecular weight excluding hydrogens is 573 g/mol. The number of nitrogens with zero attached hydrogens (tertiary/aromatic N) is 2. The van der Waals surface area contributed by atoms with Gasteiger partial charge in [-0.05, 0) is 62.1 Å². The molecule has 0 saturated carbocycles. The minimum atomic E-state index is -0.122. The van der Waals surface area contributed by atoms with Crippen molar-refractivity contribution in [2.45, 2.75) is 48.7 Å². The summed E-state index contributed by atoms with van der Waals surface area (Å²) in [6.07, 6.45) is 3.73. The van der Waals surface area contributed by atoms with E-state index in [9.17, 15) is 9.59 Å². The molecule has 5 rings (SSSR count). The Kier molecular flexibility index (Phi) is 9.81. The van der Waals surface area contributed by atoms with Crippen LogP contribution in [0.25, 0.3) is 11.3 Å². The summed E-state index contributed by atoms with van der Waals surface area (Å²) in [5.74, 6) is 0.369. The fourth-order valence-electron chi connectivity index (χ4n) is 4.88. The van der Waals surface area contributed by atoms with Crippen molar-refractivity contribution in [1.82, 2.24) is 20.5 Å². The maximum Gasteiger partial charge on any atom is 0.241 e. The standard InChI is InChI=1S/C28H31Cl2N5O2S2/c29-22-7-6-18(13-23(22)30)15-35-11-8-20(9-12-35)32-26(36)17-39-28-34-25(16-38-28)19-3-1-4-21(14-19)33-27(37)24-5-2-10-31-24/h1,3-4,6-7,13-14,16,20,24,31H,2,5,8-12,15,17H2,(H,32,36)(H,33,37)/t24-/m1/s1. The second-order valence-electron chi connectivity index (χ2n) is 9.87. The number of amides is 2. The number of thioether (sulfide) groups is 1. The van der Waals surface area contributed by atoms with Crippen LogP contribution in [0.1, 0.15) is 31.2 Å². The lowest BCUT2D eigenvalue weighted by Gasteiger charge is -2.32. The summed E-state index contributed by atoms with van der Waals surface area (Å²) in [4.78, 5) is 32.1. The van der Waals surface area contributed by atoms with E-state index in [-0.39, 0.29) is 23.9 Å². The van der Waals surface area contributed by atoms with E-state index in [2.05, 4.69) is 20.9 Å². The molecule has 0 unspecified atom stereocenters. The molecule has 1 aromatic heterocycles. The van der Waals surface area contributed by atoms with Gasteiger partial charge in [0.25, 0.3) is 0 Å². The number of benzene rings is 2. The van der Waals surface area contributed by atoms with Crippen LogP contribution in [0.2, 0.25) is 10.0 Å². The average Bonchev–Trinajstić information content (AvgIpc) is 3.64. The molecule has 206 valence electrons. The predicted molar refractivity (Wildman–Crippen MR) is 161 cm³/mol. The van der Waals surface area contributed by atoms with Crippen LogP contribution in [0.15, 0.2) is 52.2 Å². The summed E-state index contributed by atoms with van der Waals surface area (Å²) in [5.41, 5.74) is 3.68. The molecule has 3 aromatic rings. The van der Waals surface area contributed by atoms with E-state index in [0.717, 1.165) is 78.7 Å². The van der Waals surface area contributed by atoms with Crippen molar-refractivity contribution < 1.29 is 9.59 Å². The molecular formula is C28H31Cl2N5O2S2. The van der Waals surface area contributed by atoms with E-state index in [0.29, 0.717) is 15.8 Å². The minimum absolute atomic E-state index is 0.00216. The number of nitrogens with one attached hydrogen (secondary N) is 3. The topological polar surface area (TPSA) is 86.4 Å². The van der Waals surface area contributed by atoms with Crippen LogP contribution in [-0.4, -0.2) is 59.2 Å². The molecule has 2 fully saturated rings. The van der Waals surface area contributed by atoms with Gasteiger partial charge in [-0.2, -0.15) is 0 Å². The minimum Gasteiger partial charge on any atom is -0.353 e. The van der Waals surface area contributed by atoms with Crippen LogP contribution in [-0.2, 0) is 16.1 Å². The molecule has 0 spiro atoms. The maximum atomic E-state index is 12.6. The van der Waals surface area contributed by atoms with Gasteiger partial charge in [0.1, 0.15) is 0 Å². The Morgan fingerprint density at radius 2 is 1.95 bits per heavy atom. The number of halogens is 2. The molecule has 0 aliphatic carbocycles. The molecule has 2 aliphatic heterocycles. The summed E-state index contributed by atoms with van der Waals surface area (Å²) in [6, 6.07) is 13.6. The molecule has 2 saturated heterocycles. The third-order valence-electron chi connectivity index (χ3n) is 6.96. The molecule has 1 atom stereocenters. The van der Waals surface area contributed by atoms with Gasteiger partial charge in [-0.3, -0.25) is 14.5 Å². The number of hydrogen-bond acceptors (Lipinski definition) is 7. The number of rotatable bonds is 9. The molecule has 3 heterocycles. The first-order chi connectivity index (χ1) is 18.9. The van der Waals surface area contributed by atoms with Gasteiger partial charge in [-0.25, -0.2) is 4.98 Å². The smallest absolute Gasteiger partial charge is 0.241 e. The SMILES string of the molecule is O=C(CSc1nc(-c2cccc(NC(=O)[C@H]3CCCN3)c2)cs1)NC1CCN(Cc2ccc(Cl)c(Cl)c2)CC1. The van der Waals surface area contributed by atoms with Gasteiger partial charge in [0.15, 0.2) is 4.34 Å². The molecule has 0 radical (unpaired) electrons. The highest BCUT2D eigenvalue weighted by atomic mass is 35.5. The van der Waals surface area contributed by atoms with Crippen molar-refractivity contribution in [3.05, 3.63) is 63.5 Å². The van der Waals surface area contributed by atoms with Crippen molar-refractivity contribution in [2.75, 3.05) is 30.7 Å². The normalized spacial score (nSPS) is 18.3. The van der Waals surface area contributed by atoms with E-state index < -0.39 is 0 Å². The Morgan fingerprint density at radius 1 is 1.10 bits per heavy atom. The molecule has 0 bridgehead atoms. The number of hydrogen-bond donors (Lipinski definition) is 3. The summed E-state index contributed by atoms with van der Waals surface area (Å²) >= 11 is 15.1. The summed E-state index contributed by atoms with van der Waals surface area (Å²) in [6.45, 7) is 3.55. The maximum absolute atomic E-state index is 12.6. The Bertz CT molecular complexity index is 1310. The van der Waals surface area contributed by atoms with E-state index in [4.69, 9.17) is 28.2 Å². The third-order valence-corrected chi connectivity index (χ3v) is 9.72. The summed E-state index contributed by atoms with van der Waals surface area (Å²) < 4.78 is 0.848. The fourth-order valence-corrected chi connectivity index (χ4v) is 6.85. The Hall–Kier alpha value is -2.14. The first kappa shape index (κ1) is 28.4. The molecule has 2 amide bonds. The fraction of sp³-hybridized carbons (Fsp3) is 0.393. The quantitative estimate of drug-likeness (QED) is 0.273. The van der Waals surface area contributed by atoms with Crippen molar-refractivity contribution in [3.8, 4) is 11.3 Å². The molecule has 2 aliphatic rings. The Labute approximate surface area is 247 Å². The van der Waals surface area contributed by atoms with Crippen molar-refractivity contribution in [1.29, 1.82) is 0 Å².